The van der Waals surface area contributed by atoms with Gasteiger partial charge in [0.1, 0.15) is 11.6 Å². The minimum absolute atomic E-state index is 0.0541. The number of nitrogens with zero attached hydrogens (tertiary/aromatic N) is 4. The van der Waals surface area contributed by atoms with Gasteiger partial charge >= 0.3 is 6.18 Å². The number of Topliss-reactive ketones (excluding diaryl/α,β-unsaturated/α-hetero) is 1. The summed E-state index contributed by atoms with van der Waals surface area (Å²) in [6, 6.07) is 3.10. The molecular formula is C26H27BrF5N5O2. The lowest BCUT2D eigenvalue weighted by Gasteiger charge is -2.19. The van der Waals surface area contributed by atoms with Gasteiger partial charge < -0.3 is 10.1 Å². The Morgan fingerprint density at radius 1 is 1.18 bits per heavy atom. The van der Waals surface area contributed by atoms with Gasteiger partial charge in [0, 0.05) is 49.5 Å². The van der Waals surface area contributed by atoms with Crippen LogP contribution in [0.1, 0.15) is 53.4 Å². The van der Waals surface area contributed by atoms with Crippen molar-refractivity contribution >= 4 is 27.7 Å². The predicted octanol–water partition coefficient (Wildman–Crippen LogP) is 5.66. The fraction of sp³-hybridized carbons (Fsp3) is 0.462. The topological polar surface area (TPSA) is 81.9 Å². The summed E-state index contributed by atoms with van der Waals surface area (Å²) < 4.78 is 75.3. The summed E-state index contributed by atoms with van der Waals surface area (Å²) in [4.78, 5) is 22.0. The van der Waals surface area contributed by atoms with Crippen LogP contribution in [0.25, 0.3) is 0 Å². The molecule has 0 saturated carbocycles. The largest absolute Gasteiger partial charge is 0.435 e. The van der Waals surface area contributed by atoms with Crippen LogP contribution in [-0.4, -0.2) is 45.8 Å². The average molecular weight is 616 g/mol. The Hall–Kier alpha value is -2.93. The summed E-state index contributed by atoms with van der Waals surface area (Å²) in [6.07, 6.45) is -1.20. The second-order valence-electron chi connectivity index (χ2n) is 9.40. The van der Waals surface area contributed by atoms with Crippen molar-refractivity contribution < 1.29 is 31.5 Å². The van der Waals surface area contributed by atoms with E-state index < -0.39 is 29.4 Å². The van der Waals surface area contributed by atoms with Crippen molar-refractivity contribution in [2.45, 2.75) is 57.2 Å². The first-order chi connectivity index (χ1) is 18.5. The number of hydrogen-bond donors (Lipinski definition) is 1. The van der Waals surface area contributed by atoms with Crippen LogP contribution in [0.2, 0.25) is 0 Å². The van der Waals surface area contributed by atoms with Crippen LogP contribution >= 0.6 is 15.9 Å². The Labute approximate surface area is 230 Å². The van der Waals surface area contributed by atoms with E-state index in [0.717, 1.165) is 10.7 Å². The highest BCUT2D eigenvalue weighted by Crippen LogP contribution is 2.36. The number of aromatic nitrogens is 4. The maximum absolute atomic E-state index is 13.9. The summed E-state index contributed by atoms with van der Waals surface area (Å²) in [6.45, 7) is 0.462. The van der Waals surface area contributed by atoms with E-state index in [0.29, 0.717) is 53.8 Å². The van der Waals surface area contributed by atoms with E-state index in [2.05, 4.69) is 36.3 Å². The molecule has 1 N–H and O–H groups in total. The number of alkyl halides is 3. The van der Waals surface area contributed by atoms with E-state index >= 15 is 0 Å². The molecule has 0 amide bonds. The lowest BCUT2D eigenvalue weighted by Crippen LogP contribution is -2.20. The van der Waals surface area contributed by atoms with Gasteiger partial charge in [-0.2, -0.15) is 18.3 Å². The predicted molar refractivity (Wildman–Crippen MR) is 136 cm³/mol. The minimum Gasteiger partial charge on any atom is -0.383 e. The van der Waals surface area contributed by atoms with Gasteiger partial charge in [-0.3, -0.25) is 9.48 Å². The molecule has 0 bridgehead atoms. The van der Waals surface area contributed by atoms with Crippen LogP contribution in [0.4, 0.5) is 27.9 Å². The van der Waals surface area contributed by atoms with Crippen molar-refractivity contribution in [2.24, 2.45) is 0 Å². The Bertz CT molecular complexity index is 1310. The molecule has 0 spiro atoms. The highest BCUT2D eigenvalue weighted by Gasteiger charge is 2.39. The zero-order chi connectivity index (χ0) is 28.2. The first-order valence-corrected chi connectivity index (χ1v) is 13.2. The standard InChI is InChI=1S/C26H27BrF5N5O2/c1-39-7-6-33-25-34-13-21(27)23(35-25)16(8-15-9-17(28)12-18(29)10-15)11-19(38)14-37-22-5-3-2-4-20(22)24(36-37)26(30,31)32/h9-10,12-13,16H,2-8,11,14H2,1H3,(H,33,34,35)/t16-/m0/s1. The number of fused-ring (bicyclic) bond motifs is 1. The molecule has 2 aromatic heterocycles. The molecule has 39 heavy (non-hydrogen) atoms. The van der Waals surface area contributed by atoms with Crippen LogP contribution in [0.3, 0.4) is 0 Å². The maximum atomic E-state index is 13.9. The van der Waals surface area contributed by atoms with Crippen LogP contribution < -0.4 is 5.32 Å². The van der Waals surface area contributed by atoms with E-state index in [-0.39, 0.29) is 43.1 Å². The molecule has 1 aliphatic carbocycles. The monoisotopic (exact) mass is 615 g/mol. The number of methoxy groups -OCH3 is 1. The fourth-order valence-electron chi connectivity index (χ4n) is 4.83. The second kappa shape index (κ2) is 12.5. The Kier molecular flexibility index (Phi) is 9.31. The highest BCUT2D eigenvalue weighted by molar-refractivity contribution is 9.10. The zero-order valence-electron chi connectivity index (χ0n) is 21.1. The molecule has 4 rings (SSSR count). The van der Waals surface area contributed by atoms with Gasteiger partial charge in [-0.1, -0.05) is 0 Å². The molecule has 0 fully saturated rings. The molecule has 13 heteroatoms. The van der Waals surface area contributed by atoms with Gasteiger partial charge in [0.25, 0.3) is 0 Å². The molecule has 1 aliphatic rings. The number of halogens is 6. The third kappa shape index (κ3) is 7.38. The average Bonchev–Trinajstić information content (AvgIpc) is 3.23. The first-order valence-electron chi connectivity index (χ1n) is 12.4. The SMILES string of the molecule is COCCNc1ncc(Br)c([C@H](CC(=O)Cn2nc(C(F)(F)F)c3c2CCCC3)Cc2cc(F)cc(F)c2)n1. The Balaban J connectivity index is 1.63. The normalized spacial score (nSPS) is 14.2. The summed E-state index contributed by atoms with van der Waals surface area (Å²) in [5, 5.41) is 6.78. The van der Waals surface area contributed by atoms with Crippen molar-refractivity contribution in [2.75, 3.05) is 25.6 Å². The minimum atomic E-state index is -4.61. The van der Waals surface area contributed by atoms with Gasteiger partial charge in [0.2, 0.25) is 5.95 Å². The summed E-state index contributed by atoms with van der Waals surface area (Å²) in [5.74, 6) is -2.30. The molecule has 3 aromatic rings. The fourth-order valence-corrected chi connectivity index (χ4v) is 5.35. The number of rotatable bonds is 11. The molecular weight excluding hydrogens is 589 g/mol. The van der Waals surface area contributed by atoms with Crippen LogP contribution in [0.15, 0.2) is 28.9 Å². The third-order valence-corrected chi connectivity index (χ3v) is 7.09. The number of benzene rings is 1. The number of hydrogen-bond acceptors (Lipinski definition) is 6. The van der Waals surface area contributed by atoms with Crippen molar-refractivity contribution in [3.8, 4) is 0 Å². The molecule has 0 aliphatic heterocycles. The molecule has 1 aromatic carbocycles. The number of anilines is 1. The molecule has 210 valence electrons. The number of carbonyl (C=O) groups is 1. The lowest BCUT2D eigenvalue weighted by molar-refractivity contribution is -0.142. The van der Waals surface area contributed by atoms with Crippen molar-refractivity contribution in [1.29, 1.82) is 0 Å². The smallest absolute Gasteiger partial charge is 0.383 e. The lowest BCUT2D eigenvalue weighted by atomic mass is 9.90. The zero-order valence-corrected chi connectivity index (χ0v) is 22.7. The number of ketones is 1. The van der Waals surface area contributed by atoms with E-state index in [4.69, 9.17) is 4.74 Å². The molecule has 0 radical (unpaired) electrons. The summed E-state index contributed by atoms with van der Waals surface area (Å²) in [5.41, 5.74) is 0.362. The quantitative estimate of drug-likeness (QED) is 0.222. The number of ether oxygens (including phenoxy) is 1. The van der Waals surface area contributed by atoms with Crippen molar-refractivity contribution in [3.63, 3.8) is 0 Å². The van der Waals surface area contributed by atoms with E-state index in [1.165, 1.54) is 18.3 Å². The van der Waals surface area contributed by atoms with E-state index in [1.807, 2.05) is 0 Å². The van der Waals surface area contributed by atoms with Crippen molar-refractivity contribution in [1.82, 2.24) is 19.7 Å². The van der Waals surface area contributed by atoms with Crippen molar-refractivity contribution in [3.05, 3.63) is 68.7 Å². The van der Waals surface area contributed by atoms with Gasteiger partial charge in [-0.25, -0.2) is 18.7 Å². The summed E-state index contributed by atoms with van der Waals surface area (Å²) >= 11 is 3.41. The van der Waals surface area contributed by atoms with Gasteiger partial charge in [-0.15, -0.1) is 0 Å². The highest BCUT2D eigenvalue weighted by atomic mass is 79.9. The number of nitrogens with one attached hydrogen (secondary N) is 1. The van der Waals surface area contributed by atoms with Crippen LogP contribution in [0.5, 0.6) is 0 Å². The molecule has 2 heterocycles. The molecule has 1 atom stereocenters. The van der Waals surface area contributed by atoms with E-state index in [1.54, 1.807) is 7.11 Å². The first kappa shape index (κ1) is 29.1. The van der Waals surface area contributed by atoms with Crippen LogP contribution in [-0.2, 0) is 41.5 Å². The second-order valence-corrected chi connectivity index (χ2v) is 10.3. The third-order valence-electron chi connectivity index (χ3n) is 6.48. The van der Waals surface area contributed by atoms with Gasteiger partial charge in [0.15, 0.2) is 11.5 Å². The molecule has 7 nitrogen and oxygen atoms in total. The maximum Gasteiger partial charge on any atom is 0.435 e. The molecule has 0 unspecified atom stereocenters. The Morgan fingerprint density at radius 3 is 2.59 bits per heavy atom. The number of carbonyl (C=O) groups excluding carboxylic acids is 1. The van der Waals surface area contributed by atoms with Crippen LogP contribution in [0, 0.1) is 11.6 Å². The van der Waals surface area contributed by atoms with Gasteiger partial charge in [-0.05, 0) is 65.7 Å². The summed E-state index contributed by atoms with van der Waals surface area (Å²) in [7, 11) is 1.55. The molecule has 0 saturated heterocycles. The van der Waals surface area contributed by atoms with Gasteiger partial charge in [0.05, 0.1) is 23.3 Å². The van der Waals surface area contributed by atoms with E-state index in [9.17, 15) is 26.7 Å². The Morgan fingerprint density at radius 2 is 1.90 bits per heavy atom.